The number of carbonyl (C=O) groups is 1. The van der Waals surface area contributed by atoms with Crippen LogP contribution in [0.3, 0.4) is 0 Å². The van der Waals surface area contributed by atoms with Gasteiger partial charge in [0.15, 0.2) is 0 Å². The maximum atomic E-state index is 13.7. The molecule has 3 N–H and O–H groups in total. The predicted octanol–water partition coefficient (Wildman–Crippen LogP) is 3.96. The van der Waals surface area contributed by atoms with Crippen molar-refractivity contribution in [2.45, 2.75) is 13.5 Å². The summed E-state index contributed by atoms with van der Waals surface area (Å²) in [4.78, 5) is 11.6. The lowest BCUT2D eigenvalue weighted by atomic mass is 10.1. The van der Waals surface area contributed by atoms with Crippen molar-refractivity contribution in [3.8, 4) is 0 Å². The molecular formula is C16H16BrFN2O2. The molecule has 116 valence electrons. The topological polar surface area (TPSA) is 64.3 Å². The average Bonchev–Trinajstić information content (AvgIpc) is 2.47. The molecule has 0 radical (unpaired) electrons. The summed E-state index contributed by atoms with van der Waals surface area (Å²) in [6.45, 7) is 2.34. The van der Waals surface area contributed by atoms with E-state index in [1.165, 1.54) is 12.1 Å². The fraction of sp³-hybridized carbons (Fsp3) is 0.188. The monoisotopic (exact) mass is 366 g/mol. The number of hydrogen-bond donors (Lipinski definition) is 2. The quantitative estimate of drug-likeness (QED) is 0.620. The lowest BCUT2D eigenvalue weighted by molar-refractivity contribution is 0.0526. The molecule has 0 saturated carbocycles. The van der Waals surface area contributed by atoms with Crippen molar-refractivity contribution >= 4 is 33.3 Å². The minimum absolute atomic E-state index is 0.294. The molecule has 0 spiro atoms. The molecule has 0 aliphatic heterocycles. The van der Waals surface area contributed by atoms with Gasteiger partial charge in [-0.2, -0.15) is 0 Å². The minimum atomic E-state index is -0.417. The maximum absolute atomic E-state index is 13.7. The molecular weight excluding hydrogens is 351 g/mol. The minimum Gasteiger partial charge on any atom is -0.462 e. The molecule has 22 heavy (non-hydrogen) atoms. The number of rotatable bonds is 5. The number of anilines is 2. The Hall–Kier alpha value is -2.08. The summed E-state index contributed by atoms with van der Waals surface area (Å²) in [5.74, 6) is -0.719. The second-order valence-corrected chi connectivity index (χ2v) is 5.53. The van der Waals surface area contributed by atoms with E-state index in [0.29, 0.717) is 40.1 Å². The summed E-state index contributed by atoms with van der Waals surface area (Å²) < 4.78 is 19.3. The number of nitrogen functional groups attached to an aromatic ring is 1. The molecule has 0 aliphatic carbocycles. The van der Waals surface area contributed by atoms with Gasteiger partial charge in [-0.3, -0.25) is 0 Å². The van der Waals surface area contributed by atoms with Crippen LogP contribution in [0.4, 0.5) is 15.8 Å². The zero-order chi connectivity index (χ0) is 16.1. The molecule has 0 saturated heterocycles. The van der Waals surface area contributed by atoms with Gasteiger partial charge in [-0.1, -0.05) is 22.0 Å². The van der Waals surface area contributed by atoms with E-state index in [2.05, 4.69) is 21.2 Å². The Balaban J connectivity index is 2.08. The van der Waals surface area contributed by atoms with Crippen molar-refractivity contribution < 1.29 is 13.9 Å². The van der Waals surface area contributed by atoms with Gasteiger partial charge in [0.25, 0.3) is 0 Å². The molecule has 0 heterocycles. The van der Waals surface area contributed by atoms with Crippen LogP contribution in [0.15, 0.2) is 40.9 Å². The second-order valence-electron chi connectivity index (χ2n) is 4.61. The first kappa shape index (κ1) is 16.3. The molecule has 0 amide bonds. The SMILES string of the molecule is CCOC(=O)c1ccc(NCc2ccc(Br)cc2F)c(N)c1. The lowest BCUT2D eigenvalue weighted by Crippen LogP contribution is -2.08. The smallest absolute Gasteiger partial charge is 0.338 e. The highest BCUT2D eigenvalue weighted by Gasteiger charge is 2.09. The summed E-state index contributed by atoms with van der Waals surface area (Å²) in [6.07, 6.45) is 0. The number of carbonyl (C=O) groups excluding carboxylic acids is 1. The average molecular weight is 367 g/mol. The highest BCUT2D eigenvalue weighted by molar-refractivity contribution is 9.10. The van der Waals surface area contributed by atoms with Gasteiger partial charge in [-0.05, 0) is 37.3 Å². The predicted molar refractivity (Wildman–Crippen MR) is 88.2 cm³/mol. The van der Waals surface area contributed by atoms with Crippen molar-refractivity contribution in [1.29, 1.82) is 0 Å². The molecule has 0 unspecified atom stereocenters. The van der Waals surface area contributed by atoms with E-state index in [-0.39, 0.29) is 5.82 Å². The number of esters is 1. The number of benzene rings is 2. The van der Waals surface area contributed by atoms with Crippen molar-refractivity contribution in [2.75, 3.05) is 17.7 Å². The van der Waals surface area contributed by atoms with Crippen LogP contribution in [-0.4, -0.2) is 12.6 Å². The Bertz CT molecular complexity index is 692. The normalized spacial score (nSPS) is 10.3. The van der Waals surface area contributed by atoms with Crippen LogP contribution in [0.2, 0.25) is 0 Å². The van der Waals surface area contributed by atoms with Gasteiger partial charge in [0.05, 0.1) is 23.5 Å². The summed E-state index contributed by atoms with van der Waals surface area (Å²) in [7, 11) is 0. The number of nitrogens with one attached hydrogen (secondary N) is 1. The van der Waals surface area contributed by atoms with E-state index in [0.717, 1.165) is 0 Å². The lowest BCUT2D eigenvalue weighted by Gasteiger charge is -2.11. The summed E-state index contributed by atoms with van der Waals surface area (Å²) in [5, 5.41) is 3.06. The van der Waals surface area contributed by atoms with Gasteiger partial charge < -0.3 is 15.8 Å². The number of hydrogen-bond acceptors (Lipinski definition) is 4. The molecule has 0 aromatic heterocycles. The van der Waals surface area contributed by atoms with Gasteiger partial charge in [0, 0.05) is 16.6 Å². The molecule has 0 aliphatic rings. The first-order valence-corrected chi connectivity index (χ1v) is 7.55. The Morgan fingerprint density at radius 2 is 2.09 bits per heavy atom. The summed E-state index contributed by atoms with van der Waals surface area (Å²) >= 11 is 3.21. The van der Waals surface area contributed by atoms with Crippen molar-refractivity contribution in [1.82, 2.24) is 0 Å². The van der Waals surface area contributed by atoms with Crippen LogP contribution in [-0.2, 0) is 11.3 Å². The third-order valence-electron chi connectivity index (χ3n) is 3.05. The number of halogens is 2. The Morgan fingerprint density at radius 1 is 1.32 bits per heavy atom. The largest absolute Gasteiger partial charge is 0.462 e. The third kappa shape index (κ3) is 3.98. The van der Waals surface area contributed by atoms with Crippen LogP contribution in [0, 0.1) is 5.82 Å². The highest BCUT2D eigenvalue weighted by Crippen LogP contribution is 2.22. The molecule has 2 aromatic carbocycles. The maximum Gasteiger partial charge on any atom is 0.338 e. The van der Waals surface area contributed by atoms with Crippen LogP contribution < -0.4 is 11.1 Å². The first-order valence-electron chi connectivity index (χ1n) is 6.75. The zero-order valence-electron chi connectivity index (χ0n) is 12.0. The molecule has 2 rings (SSSR count). The number of nitrogens with two attached hydrogens (primary N) is 1. The van der Waals surface area contributed by atoms with Crippen molar-refractivity contribution in [3.05, 3.63) is 57.8 Å². The van der Waals surface area contributed by atoms with E-state index >= 15 is 0 Å². The summed E-state index contributed by atoms with van der Waals surface area (Å²) in [5.41, 5.74) is 7.86. The van der Waals surface area contributed by atoms with Crippen LogP contribution >= 0.6 is 15.9 Å². The third-order valence-corrected chi connectivity index (χ3v) is 3.54. The highest BCUT2D eigenvalue weighted by atomic mass is 79.9. The van der Waals surface area contributed by atoms with Crippen LogP contribution in [0.1, 0.15) is 22.8 Å². The van der Waals surface area contributed by atoms with Crippen molar-refractivity contribution in [3.63, 3.8) is 0 Å². The molecule has 0 atom stereocenters. The second kappa shape index (κ2) is 7.26. The Labute approximate surface area is 136 Å². The standard InChI is InChI=1S/C16H16BrFN2O2/c1-2-22-16(21)10-4-6-15(14(19)7-10)20-9-11-3-5-12(17)8-13(11)18/h3-8,20H,2,9,19H2,1H3. The Kier molecular flexibility index (Phi) is 5.38. The fourth-order valence-electron chi connectivity index (χ4n) is 1.92. The molecule has 0 fully saturated rings. The zero-order valence-corrected chi connectivity index (χ0v) is 13.6. The van der Waals surface area contributed by atoms with E-state index < -0.39 is 5.97 Å². The molecule has 4 nitrogen and oxygen atoms in total. The van der Waals surface area contributed by atoms with E-state index in [1.807, 2.05) is 0 Å². The van der Waals surface area contributed by atoms with Crippen LogP contribution in [0.25, 0.3) is 0 Å². The fourth-order valence-corrected chi connectivity index (χ4v) is 2.25. The van der Waals surface area contributed by atoms with Crippen LogP contribution in [0.5, 0.6) is 0 Å². The van der Waals surface area contributed by atoms with Crippen molar-refractivity contribution in [2.24, 2.45) is 0 Å². The summed E-state index contributed by atoms with van der Waals surface area (Å²) in [6, 6.07) is 9.71. The van der Waals surface area contributed by atoms with E-state index in [4.69, 9.17) is 10.5 Å². The number of ether oxygens (including phenoxy) is 1. The Morgan fingerprint density at radius 3 is 2.73 bits per heavy atom. The van der Waals surface area contributed by atoms with E-state index in [9.17, 15) is 9.18 Å². The van der Waals surface area contributed by atoms with Gasteiger partial charge in [0.2, 0.25) is 0 Å². The molecule has 6 heteroatoms. The first-order chi connectivity index (χ1) is 10.5. The van der Waals surface area contributed by atoms with Gasteiger partial charge in [-0.15, -0.1) is 0 Å². The molecule has 2 aromatic rings. The van der Waals surface area contributed by atoms with Gasteiger partial charge in [-0.25, -0.2) is 9.18 Å². The molecule has 0 bridgehead atoms. The van der Waals surface area contributed by atoms with Gasteiger partial charge >= 0.3 is 5.97 Å². The van der Waals surface area contributed by atoms with E-state index in [1.54, 1.807) is 31.2 Å². The van der Waals surface area contributed by atoms with Gasteiger partial charge in [0.1, 0.15) is 5.82 Å².